The van der Waals surface area contributed by atoms with Crippen molar-refractivity contribution in [2.75, 3.05) is 18.7 Å². The van der Waals surface area contributed by atoms with Gasteiger partial charge in [0.25, 0.3) is 5.91 Å². The molecule has 3 aromatic rings. The molecular weight excluding hydrogens is 406 g/mol. The van der Waals surface area contributed by atoms with Gasteiger partial charge in [-0.15, -0.1) is 0 Å². The van der Waals surface area contributed by atoms with Crippen LogP contribution in [0.4, 0.5) is 0 Å². The number of para-hydroxylation sites is 1. The summed E-state index contributed by atoms with van der Waals surface area (Å²) in [5.41, 5.74) is 4.67. The zero-order valence-corrected chi connectivity index (χ0v) is 17.8. The van der Waals surface area contributed by atoms with E-state index >= 15 is 0 Å². The van der Waals surface area contributed by atoms with Crippen LogP contribution in [-0.2, 0) is 6.42 Å². The summed E-state index contributed by atoms with van der Waals surface area (Å²) in [6, 6.07) is 19.1. The lowest BCUT2D eigenvalue weighted by Crippen LogP contribution is -2.49. The van der Waals surface area contributed by atoms with Gasteiger partial charge < -0.3 is 20.2 Å². The first-order valence-corrected chi connectivity index (χ1v) is 10.5. The van der Waals surface area contributed by atoms with Gasteiger partial charge in [-0.3, -0.25) is 14.3 Å². The fourth-order valence-corrected chi connectivity index (χ4v) is 3.65. The Morgan fingerprint density at radius 1 is 1.09 bits per heavy atom. The van der Waals surface area contributed by atoms with Crippen molar-refractivity contribution in [1.82, 2.24) is 9.58 Å². The summed E-state index contributed by atoms with van der Waals surface area (Å²) in [6.45, 7) is 2.47. The number of ether oxygens (including phenoxy) is 1. The number of aromatic hydroxyl groups is 1. The minimum absolute atomic E-state index is 0.0601. The van der Waals surface area contributed by atoms with Gasteiger partial charge >= 0.3 is 0 Å². The van der Waals surface area contributed by atoms with E-state index < -0.39 is 17.1 Å². The molecular formula is C25H25N3O4. The lowest BCUT2D eigenvalue weighted by Gasteiger charge is -2.34. The van der Waals surface area contributed by atoms with Crippen LogP contribution in [0, 0.1) is 0 Å². The Morgan fingerprint density at radius 3 is 2.66 bits per heavy atom. The van der Waals surface area contributed by atoms with Crippen molar-refractivity contribution >= 4 is 5.91 Å². The van der Waals surface area contributed by atoms with Crippen molar-refractivity contribution in [2.45, 2.75) is 19.4 Å². The molecule has 1 aliphatic heterocycles. The van der Waals surface area contributed by atoms with Crippen molar-refractivity contribution in [3.05, 3.63) is 106 Å². The predicted octanol–water partition coefficient (Wildman–Crippen LogP) is 3.13. The van der Waals surface area contributed by atoms with E-state index in [0.717, 1.165) is 17.7 Å². The second kappa shape index (κ2) is 9.43. The molecule has 1 atom stereocenters. The van der Waals surface area contributed by atoms with Gasteiger partial charge in [0.05, 0.1) is 0 Å². The molecule has 0 bridgehead atoms. The molecule has 1 aliphatic rings. The number of hydrogen-bond donors (Lipinski definition) is 2. The maximum absolute atomic E-state index is 12.8. The van der Waals surface area contributed by atoms with Crippen LogP contribution in [0.1, 0.15) is 28.5 Å². The van der Waals surface area contributed by atoms with E-state index in [1.54, 1.807) is 0 Å². The molecule has 2 N–H and O–H groups in total. The van der Waals surface area contributed by atoms with Crippen LogP contribution < -0.4 is 15.6 Å². The van der Waals surface area contributed by atoms with E-state index in [9.17, 15) is 14.7 Å². The highest BCUT2D eigenvalue weighted by molar-refractivity contribution is 5.96. The van der Waals surface area contributed by atoms with Gasteiger partial charge in [-0.2, -0.15) is 0 Å². The number of aromatic nitrogens is 1. The van der Waals surface area contributed by atoms with Crippen molar-refractivity contribution < 1.29 is 14.6 Å². The number of nitrogens with zero attached hydrogens (tertiary/aromatic N) is 2. The maximum Gasteiger partial charge on any atom is 0.278 e. The van der Waals surface area contributed by atoms with Crippen molar-refractivity contribution in [2.24, 2.45) is 0 Å². The molecule has 32 heavy (non-hydrogen) atoms. The third-order valence-corrected chi connectivity index (χ3v) is 5.40. The summed E-state index contributed by atoms with van der Waals surface area (Å²) in [5, 5.41) is 10.0. The summed E-state index contributed by atoms with van der Waals surface area (Å²) in [7, 11) is 0. The first-order valence-electron chi connectivity index (χ1n) is 10.5. The third kappa shape index (κ3) is 4.51. The second-order valence-electron chi connectivity index (χ2n) is 7.59. The molecule has 1 unspecified atom stereocenters. The van der Waals surface area contributed by atoms with Crippen LogP contribution in [0.15, 0.2) is 83.8 Å². The van der Waals surface area contributed by atoms with E-state index in [4.69, 9.17) is 4.74 Å². The summed E-state index contributed by atoms with van der Waals surface area (Å²) in [4.78, 5) is 26.0. The van der Waals surface area contributed by atoms with Gasteiger partial charge in [0, 0.05) is 24.7 Å². The number of carbonyl (C=O) groups excluding carboxylic acids is 1. The fraction of sp³-hybridized carbons (Fsp3) is 0.200. The Labute approximate surface area is 186 Å². The van der Waals surface area contributed by atoms with Crippen molar-refractivity contribution in [3.8, 4) is 11.5 Å². The molecule has 0 saturated heterocycles. The molecule has 0 spiro atoms. The minimum Gasteiger partial charge on any atom is -0.502 e. The molecule has 7 heteroatoms. The standard InChI is InChI=1S/C25H25N3O4/c1-18(27-17-26-28-14-13-21(29)24(30)23(28)25(27)31)8-7-15-32-22-12-6-5-11-20(22)16-19-9-3-2-4-10-19/h2-14,18,26,30H,15-17H2,1H3/b8-7+. The molecule has 0 fully saturated rings. The highest BCUT2D eigenvalue weighted by Crippen LogP contribution is 2.22. The quantitative estimate of drug-likeness (QED) is 0.562. The number of hydrogen-bond acceptors (Lipinski definition) is 5. The second-order valence-corrected chi connectivity index (χ2v) is 7.59. The Kier molecular flexibility index (Phi) is 6.26. The molecule has 0 aliphatic carbocycles. The number of carbonyl (C=O) groups is 1. The zero-order chi connectivity index (χ0) is 22.5. The third-order valence-electron chi connectivity index (χ3n) is 5.40. The van der Waals surface area contributed by atoms with Gasteiger partial charge in [0.15, 0.2) is 11.4 Å². The van der Waals surface area contributed by atoms with Gasteiger partial charge in [-0.1, -0.05) is 54.6 Å². The largest absolute Gasteiger partial charge is 0.502 e. The van der Waals surface area contributed by atoms with Crippen LogP contribution in [0.2, 0.25) is 0 Å². The summed E-state index contributed by atoms with van der Waals surface area (Å²) in [6.07, 6.45) is 5.96. The molecule has 0 radical (unpaired) electrons. The van der Waals surface area contributed by atoms with Crippen LogP contribution in [-0.4, -0.2) is 39.9 Å². The molecule has 1 amide bonds. The van der Waals surface area contributed by atoms with Crippen LogP contribution in [0.3, 0.4) is 0 Å². The van der Waals surface area contributed by atoms with Gasteiger partial charge in [0.2, 0.25) is 5.43 Å². The van der Waals surface area contributed by atoms with Crippen molar-refractivity contribution in [3.63, 3.8) is 0 Å². The molecule has 7 nitrogen and oxygen atoms in total. The number of fused-ring (bicyclic) bond motifs is 1. The Balaban J connectivity index is 1.39. The van der Waals surface area contributed by atoms with Crippen LogP contribution >= 0.6 is 0 Å². The summed E-state index contributed by atoms with van der Waals surface area (Å²) in [5.74, 6) is -0.142. The van der Waals surface area contributed by atoms with E-state index in [2.05, 4.69) is 23.6 Å². The lowest BCUT2D eigenvalue weighted by atomic mass is 10.0. The number of pyridine rings is 1. The molecule has 2 aromatic carbocycles. The Morgan fingerprint density at radius 2 is 1.84 bits per heavy atom. The molecule has 2 heterocycles. The normalized spacial score (nSPS) is 14.2. The van der Waals surface area contributed by atoms with Crippen LogP contribution in [0.25, 0.3) is 0 Å². The monoisotopic (exact) mass is 431 g/mol. The zero-order valence-electron chi connectivity index (χ0n) is 17.8. The molecule has 1 aromatic heterocycles. The Bertz CT molecular complexity index is 1190. The van der Waals surface area contributed by atoms with Crippen LogP contribution in [0.5, 0.6) is 11.5 Å². The average molecular weight is 431 g/mol. The van der Waals surface area contributed by atoms with E-state index in [-0.39, 0.29) is 18.4 Å². The number of amides is 1. The number of benzene rings is 2. The topological polar surface area (TPSA) is 83.8 Å². The summed E-state index contributed by atoms with van der Waals surface area (Å²) >= 11 is 0. The van der Waals surface area contributed by atoms with E-state index in [1.807, 2.05) is 55.5 Å². The smallest absolute Gasteiger partial charge is 0.278 e. The van der Waals surface area contributed by atoms with Gasteiger partial charge in [-0.25, -0.2) is 0 Å². The highest BCUT2D eigenvalue weighted by atomic mass is 16.5. The first kappa shape index (κ1) is 21.2. The fourth-order valence-electron chi connectivity index (χ4n) is 3.65. The minimum atomic E-state index is -0.584. The summed E-state index contributed by atoms with van der Waals surface area (Å²) < 4.78 is 7.35. The van der Waals surface area contributed by atoms with E-state index in [1.165, 1.54) is 27.4 Å². The van der Waals surface area contributed by atoms with Crippen molar-refractivity contribution in [1.29, 1.82) is 0 Å². The van der Waals surface area contributed by atoms with E-state index in [0.29, 0.717) is 6.61 Å². The SMILES string of the molecule is CC(/C=C/COc1ccccc1Cc1ccccc1)N1CNn2ccc(=O)c(O)c2C1=O. The Hall–Kier alpha value is -4.00. The predicted molar refractivity (Wildman–Crippen MR) is 123 cm³/mol. The first-order chi connectivity index (χ1) is 15.5. The maximum atomic E-state index is 12.8. The van der Waals surface area contributed by atoms with Gasteiger partial charge in [0.1, 0.15) is 19.0 Å². The molecule has 4 rings (SSSR count). The number of rotatable bonds is 7. The highest BCUT2D eigenvalue weighted by Gasteiger charge is 2.30. The molecule has 164 valence electrons. The molecule has 0 saturated carbocycles. The average Bonchev–Trinajstić information content (AvgIpc) is 2.81. The number of nitrogens with one attached hydrogen (secondary N) is 1. The lowest BCUT2D eigenvalue weighted by molar-refractivity contribution is 0.0689. The van der Waals surface area contributed by atoms with Gasteiger partial charge in [-0.05, 0) is 30.2 Å².